The molecule has 28 heavy (non-hydrogen) atoms. The molecule has 1 aliphatic heterocycles. The molecule has 2 aromatic carbocycles. The third-order valence-electron chi connectivity index (χ3n) is 4.80. The number of halogens is 1. The van der Waals surface area contributed by atoms with Gasteiger partial charge in [0.05, 0.1) is 18.4 Å². The number of carbonyl (C=O) groups is 1. The summed E-state index contributed by atoms with van der Waals surface area (Å²) in [7, 11) is 0. The van der Waals surface area contributed by atoms with Gasteiger partial charge in [0.2, 0.25) is 0 Å². The monoisotopic (exact) mass is 381 g/mol. The smallest absolute Gasteiger partial charge is 0.276 e. The first-order valence-electron chi connectivity index (χ1n) is 9.07. The molecule has 0 bridgehead atoms. The Balaban J connectivity index is 1.37. The highest BCUT2D eigenvalue weighted by Gasteiger charge is 2.25. The maximum Gasteiger partial charge on any atom is 0.276 e. The molecule has 0 unspecified atom stereocenters. The van der Waals surface area contributed by atoms with Crippen molar-refractivity contribution in [3.05, 3.63) is 71.8 Å². The first-order chi connectivity index (χ1) is 13.6. The number of phenolic OH excluding ortho intramolecular Hbond substituents is 1. The van der Waals surface area contributed by atoms with Gasteiger partial charge in [0.15, 0.2) is 5.69 Å². The Kier molecular flexibility index (Phi) is 4.92. The van der Waals surface area contributed by atoms with Crippen LogP contribution in [0.4, 0.5) is 10.1 Å². The quantitative estimate of drug-likeness (QED) is 0.750. The largest absolute Gasteiger partial charge is 0.506 e. The van der Waals surface area contributed by atoms with E-state index in [1.165, 1.54) is 12.1 Å². The summed E-state index contributed by atoms with van der Waals surface area (Å²) < 4.78 is 14.6. The second-order valence-electron chi connectivity index (χ2n) is 6.70. The van der Waals surface area contributed by atoms with E-state index in [9.17, 15) is 14.3 Å². The maximum atomic E-state index is 13.0. The van der Waals surface area contributed by atoms with E-state index < -0.39 is 0 Å². The molecule has 144 valence electrons. The number of aromatic nitrogens is 3. The van der Waals surface area contributed by atoms with E-state index in [0.29, 0.717) is 32.7 Å². The van der Waals surface area contributed by atoms with Gasteiger partial charge in [0.25, 0.3) is 5.91 Å². The molecule has 3 aromatic rings. The molecular formula is C20H20FN5O2. The molecule has 0 radical (unpaired) electrons. The van der Waals surface area contributed by atoms with E-state index in [0.717, 1.165) is 11.3 Å². The summed E-state index contributed by atoms with van der Waals surface area (Å²) in [5.74, 6) is -0.213. The molecule has 0 saturated carbocycles. The summed E-state index contributed by atoms with van der Waals surface area (Å²) >= 11 is 0. The Morgan fingerprint density at radius 2 is 1.75 bits per heavy atom. The number of hydrogen-bond acceptors (Lipinski definition) is 5. The zero-order valence-corrected chi connectivity index (χ0v) is 15.2. The first kappa shape index (κ1) is 18.0. The van der Waals surface area contributed by atoms with Gasteiger partial charge in [-0.25, -0.2) is 9.07 Å². The molecule has 1 fully saturated rings. The van der Waals surface area contributed by atoms with Gasteiger partial charge in [-0.3, -0.25) is 4.79 Å². The minimum atomic E-state index is -0.291. The van der Waals surface area contributed by atoms with Crippen LogP contribution in [-0.2, 0) is 6.54 Å². The number of benzene rings is 2. The van der Waals surface area contributed by atoms with E-state index in [2.05, 4.69) is 15.2 Å². The standard InChI is InChI=1S/C20H20FN5O2/c21-16-7-5-15(6-8-16)13-26-14-17(22-23-26)20(28)25-11-9-24(10-12-25)18-3-1-2-4-19(18)27/h1-8,14,27H,9-13H2. The van der Waals surface area contributed by atoms with E-state index in [4.69, 9.17) is 0 Å². The zero-order chi connectivity index (χ0) is 19.5. The Morgan fingerprint density at radius 1 is 1.04 bits per heavy atom. The number of anilines is 1. The van der Waals surface area contributed by atoms with Gasteiger partial charge >= 0.3 is 0 Å². The Morgan fingerprint density at radius 3 is 2.46 bits per heavy atom. The molecule has 0 atom stereocenters. The van der Waals surface area contributed by atoms with Crippen molar-refractivity contribution in [1.82, 2.24) is 19.9 Å². The Hall–Kier alpha value is -3.42. The van der Waals surface area contributed by atoms with Crippen LogP contribution in [0, 0.1) is 5.82 Å². The van der Waals surface area contributed by atoms with Gasteiger partial charge in [-0.05, 0) is 29.8 Å². The summed E-state index contributed by atoms with van der Waals surface area (Å²) in [4.78, 5) is 16.5. The number of rotatable bonds is 4. The average Bonchev–Trinajstić information content (AvgIpc) is 3.18. The summed E-state index contributed by atoms with van der Waals surface area (Å²) in [6, 6.07) is 13.3. The molecule has 1 amide bonds. The number of para-hydroxylation sites is 2. The molecule has 1 aromatic heterocycles. The van der Waals surface area contributed by atoms with E-state index in [1.54, 1.807) is 40.0 Å². The lowest BCUT2D eigenvalue weighted by Gasteiger charge is -2.35. The van der Waals surface area contributed by atoms with Crippen LogP contribution in [0.2, 0.25) is 0 Å². The molecule has 1 aliphatic rings. The summed E-state index contributed by atoms with van der Waals surface area (Å²) in [6.45, 7) is 2.76. The van der Waals surface area contributed by atoms with Crippen LogP contribution in [0.25, 0.3) is 0 Å². The summed E-state index contributed by atoms with van der Waals surface area (Å²) in [5.41, 5.74) is 1.94. The van der Waals surface area contributed by atoms with Crippen LogP contribution >= 0.6 is 0 Å². The molecule has 0 aliphatic carbocycles. The highest BCUT2D eigenvalue weighted by Crippen LogP contribution is 2.27. The fourth-order valence-corrected chi connectivity index (χ4v) is 3.29. The van der Waals surface area contributed by atoms with Crippen LogP contribution in [-0.4, -0.2) is 57.1 Å². The third-order valence-corrected chi connectivity index (χ3v) is 4.80. The van der Waals surface area contributed by atoms with Crippen molar-refractivity contribution >= 4 is 11.6 Å². The van der Waals surface area contributed by atoms with E-state index >= 15 is 0 Å². The van der Waals surface area contributed by atoms with Crippen molar-refractivity contribution in [3.8, 4) is 5.75 Å². The molecule has 1 saturated heterocycles. The van der Waals surface area contributed by atoms with Gasteiger partial charge in [0.1, 0.15) is 11.6 Å². The summed E-state index contributed by atoms with van der Waals surface area (Å²) in [6.07, 6.45) is 1.61. The summed E-state index contributed by atoms with van der Waals surface area (Å²) in [5, 5.41) is 18.0. The second kappa shape index (κ2) is 7.67. The molecule has 8 heteroatoms. The molecule has 4 rings (SSSR count). The molecule has 1 N–H and O–H groups in total. The molecular weight excluding hydrogens is 361 g/mol. The first-order valence-corrected chi connectivity index (χ1v) is 9.07. The lowest BCUT2D eigenvalue weighted by atomic mass is 10.2. The Labute approximate surface area is 161 Å². The number of carbonyl (C=O) groups excluding carboxylic acids is 1. The molecule has 2 heterocycles. The van der Waals surface area contributed by atoms with Crippen molar-refractivity contribution in [1.29, 1.82) is 0 Å². The second-order valence-corrected chi connectivity index (χ2v) is 6.70. The fourth-order valence-electron chi connectivity index (χ4n) is 3.29. The van der Waals surface area contributed by atoms with E-state index in [-0.39, 0.29) is 23.2 Å². The number of amides is 1. The minimum Gasteiger partial charge on any atom is -0.506 e. The van der Waals surface area contributed by atoms with Gasteiger partial charge < -0.3 is 14.9 Å². The normalized spacial score (nSPS) is 14.3. The predicted octanol–water partition coefficient (Wildman–Crippen LogP) is 2.13. The highest BCUT2D eigenvalue weighted by molar-refractivity contribution is 5.92. The predicted molar refractivity (Wildman–Crippen MR) is 102 cm³/mol. The van der Waals surface area contributed by atoms with Crippen molar-refractivity contribution in [2.45, 2.75) is 6.54 Å². The van der Waals surface area contributed by atoms with Gasteiger partial charge in [-0.1, -0.05) is 29.5 Å². The van der Waals surface area contributed by atoms with Gasteiger partial charge in [0, 0.05) is 26.2 Å². The Bertz CT molecular complexity index is 965. The number of piperazine rings is 1. The van der Waals surface area contributed by atoms with Crippen molar-refractivity contribution in [2.75, 3.05) is 31.1 Å². The van der Waals surface area contributed by atoms with Crippen LogP contribution in [0.5, 0.6) is 5.75 Å². The average molecular weight is 381 g/mol. The van der Waals surface area contributed by atoms with Crippen LogP contribution in [0.15, 0.2) is 54.7 Å². The van der Waals surface area contributed by atoms with Gasteiger partial charge in [-0.2, -0.15) is 0 Å². The molecule has 7 nitrogen and oxygen atoms in total. The van der Waals surface area contributed by atoms with Crippen LogP contribution in [0.3, 0.4) is 0 Å². The lowest BCUT2D eigenvalue weighted by molar-refractivity contribution is 0.0740. The van der Waals surface area contributed by atoms with Crippen LogP contribution in [0.1, 0.15) is 16.1 Å². The van der Waals surface area contributed by atoms with Crippen LogP contribution < -0.4 is 4.90 Å². The SMILES string of the molecule is O=C(c1cn(Cc2ccc(F)cc2)nn1)N1CCN(c2ccccc2O)CC1. The van der Waals surface area contributed by atoms with Gasteiger partial charge in [-0.15, -0.1) is 5.10 Å². The zero-order valence-electron chi connectivity index (χ0n) is 15.2. The topological polar surface area (TPSA) is 74.5 Å². The lowest BCUT2D eigenvalue weighted by Crippen LogP contribution is -2.48. The minimum absolute atomic E-state index is 0.165. The molecule has 0 spiro atoms. The number of nitrogens with zero attached hydrogens (tertiary/aromatic N) is 5. The van der Waals surface area contributed by atoms with Crippen molar-refractivity contribution in [2.24, 2.45) is 0 Å². The number of hydrogen-bond donors (Lipinski definition) is 1. The number of phenols is 1. The fraction of sp³-hybridized carbons (Fsp3) is 0.250. The van der Waals surface area contributed by atoms with E-state index in [1.807, 2.05) is 12.1 Å². The van der Waals surface area contributed by atoms with Crippen molar-refractivity contribution < 1.29 is 14.3 Å². The maximum absolute atomic E-state index is 13.0. The van der Waals surface area contributed by atoms with Crippen molar-refractivity contribution in [3.63, 3.8) is 0 Å². The third kappa shape index (κ3) is 3.80. The number of aromatic hydroxyl groups is 1. The highest BCUT2D eigenvalue weighted by atomic mass is 19.1.